The molecule has 1 unspecified atom stereocenters. The lowest BCUT2D eigenvalue weighted by molar-refractivity contribution is -0.388. The van der Waals surface area contributed by atoms with Crippen molar-refractivity contribution in [2.24, 2.45) is 7.05 Å². The van der Waals surface area contributed by atoms with Crippen molar-refractivity contribution in [3.8, 4) is 0 Å². The van der Waals surface area contributed by atoms with E-state index in [4.69, 9.17) is 5.11 Å². The predicted octanol–water partition coefficient (Wildman–Crippen LogP) is 1.75. The van der Waals surface area contributed by atoms with Gasteiger partial charge in [-0.2, -0.15) is 5.10 Å². The fraction of sp³-hybridized carbons (Fsp3) is 0.700. The maximum absolute atomic E-state index is 11.0. The Labute approximate surface area is 104 Å². The van der Waals surface area contributed by atoms with Crippen molar-refractivity contribution in [3.63, 3.8) is 0 Å². The largest absolute Gasteiger partial charge is 0.396 e. The normalized spacial score (nSPS) is 12.7. The number of aryl methyl sites for hydroxylation is 2. The number of thioether (sulfide) groups is 1. The summed E-state index contributed by atoms with van der Waals surface area (Å²) in [5.41, 5.74) is 0.612. The Morgan fingerprint density at radius 3 is 2.76 bits per heavy atom. The van der Waals surface area contributed by atoms with Gasteiger partial charge in [0.05, 0.1) is 4.92 Å². The van der Waals surface area contributed by atoms with Gasteiger partial charge in [0.1, 0.15) is 5.69 Å². The molecular formula is C10H17N3O3S. The Balaban J connectivity index is 3.04. The Hall–Kier alpha value is -1.08. The van der Waals surface area contributed by atoms with E-state index in [9.17, 15) is 10.1 Å². The third kappa shape index (κ3) is 3.19. The molecule has 1 N–H and O–H groups in total. The second-order valence-corrected chi connectivity index (χ2v) is 5.20. The summed E-state index contributed by atoms with van der Waals surface area (Å²) in [7, 11) is 1.71. The molecule has 0 bridgehead atoms. The molecule has 0 spiro atoms. The van der Waals surface area contributed by atoms with Crippen molar-refractivity contribution < 1.29 is 10.0 Å². The summed E-state index contributed by atoms with van der Waals surface area (Å²) in [5.74, 6) is 0. The summed E-state index contributed by atoms with van der Waals surface area (Å²) < 4.78 is 1.55. The molecule has 0 aromatic carbocycles. The van der Waals surface area contributed by atoms with Crippen LogP contribution in [0.3, 0.4) is 0 Å². The molecule has 0 radical (unpaired) electrons. The van der Waals surface area contributed by atoms with Gasteiger partial charge in [-0.3, -0.25) is 14.8 Å². The summed E-state index contributed by atoms with van der Waals surface area (Å²) in [5, 5.41) is 24.7. The van der Waals surface area contributed by atoms with Crippen LogP contribution in [0, 0.1) is 10.1 Å². The molecule has 1 rings (SSSR count). The molecule has 0 saturated heterocycles. The lowest BCUT2D eigenvalue weighted by atomic mass is 10.3. The highest BCUT2D eigenvalue weighted by atomic mass is 32.2. The van der Waals surface area contributed by atoms with E-state index in [0.29, 0.717) is 23.6 Å². The SMILES string of the molecule is CCc1nn(C)c(SC(C)CCO)c1[N+](=O)[O-]. The molecule has 0 aliphatic heterocycles. The van der Waals surface area contributed by atoms with Gasteiger partial charge in [-0.15, -0.1) is 0 Å². The van der Waals surface area contributed by atoms with E-state index >= 15 is 0 Å². The molecule has 6 nitrogen and oxygen atoms in total. The summed E-state index contributed by atoms with van der Waals surface area (Å²) in [6.45, 7) is 3.87. The van der Waals surface area contributed by atoms with E-state index in [-0.39, 0.29) is 22.5 Å². The first kappa shape index (κ1) is 14.0. The van der Waals surface area contributed by atoms with E-state index in [1.54, 1.807) is 11.7 Å². The van der Waals surface area contributed by atoms with Crippen molar-refractivity contribution in [1.29, 1.82) is 0 Å². The number of aromatic nitrogens is 2. The van der Waals surface area contributed by atoms with Crippen LogP contribution in [0.2, 0.25) is 0 Å². The number of nitro groups is 1. The predicted molar refractivity (Wildman–Crippen MR) is 66.3 cm³/mol. The van der Waals surface area contributed by atoms with Crippen LogP contribution < -0.4 is 0 Å². The van der Waals surface area contributed by atoms with E-state index in [1.165, 1.54) is 11.8 Å². The van der Waals surface area contributed by atoms with Crippen LogP contribution in [0.25, 0.3) is 0 Å². The van der Waals surface area contributed by atoms with Gasteiger partial charge in [-0.1, -0.05) is 25.6 Å². The standard InChI is InChI=1S/C10H17N3O3S/c1-4-8-9(13(15)16)10(12(3)11-8)17-7(2)5-6-14/h7,14H,4-6H2,1-3H3. The number of nitrogens with zero attached hydrogens (tertiary/aromatic N) is 3. The molecule has 1 aromatic rings. The first-order chi connectivity index (χ1) is 8.01. The maximum Gasteiger partial charge on any atom is 0.323 e. The minimum atomic E-state index is -0.375. The number of hydrogen-bond donors (Lipinski definition) is 1. The monoisotopic (exact) mass is 259 g/mol. The molecule has 17 heavy (non-hydrogen) atoms. The number of hydrogen-bond acceptors (Lipinski definition) is 5. The Morgan fingerprint density at radius 1 is 1.65 bits per heavy atom. The highest BCUT2D eigenvalue weighted by molar-refractivity contribution is 8.00. The average Bonchev–Trinajstić information content (AvgIpc) is 2.56. The minimum absolute atomic E-state index is 0.0838. The van der Waals surface area contributed by atoms with Crippen molar-refractivity contribution in [1.82, 2.24) is 9.78 Å². The first-order valence-electron chi connectivity index (χ1n) is 5.49. The summed E-state index contributed by atoms with van der Waals surface area (Å²) >= 11 is 1.38. The van der Waals surface area contributed by atoms with Gasteiger partial charge in [0.25, 0.3) is 0 Å². The molecule has 0 aliphatic rings. The summed E-state index contributed by atoms with van der Waals surface area (Å²) in [6.07, 6.45) is 1.15. The zero-order valence-electron chi connectivity index (χ0n) is 10.2. The van der Waals surface area contributed by atoms with E-state index in [2.05, 4.69) is 5.10 Å². The number of rotatable bonds is 6. The quantitative estimate of drug-likeness (QED) is 0.478. The summed E-state index contributed by atoms with van der Waals surface area (Å²) in [4.78, 5) is 10.7. The Morgan fingerprint density at radius 2 is 2.29 bits per heavy atom. The van der Waals surface area contributed by atoms with Crippen LogP contribution in [0.4, 0.5) is 5.69 Å². The van der Waals surface area contributed by atoms with Gasteiger partial charge in [0.2, 0.25) is 0 Å². The van der Waals surface area contributed by atoms with Gasteiger partial charge >= 0.3 is 5.69 Å². The lowest BCUT2D eigenvalue weighted by Gasteiger charge is -2.08. The fourth-order valence-electron chi connectivity index (χ4n) is 1.54. The van der Waals surface area contributed by atoms with Gasteiger partial charge < -0.3 is 5.11 Å². The van der Waals surface area contributed by atoms with E-state index in [0.717, 1.165) is 0 Å². The van der Waals surface area contributed by atoms with Gasteiger partial charge in [-0.25, -0.2) is 0 Å². The highest BCUT2D eigenvalue weighted by Crippen LogP contribution is 2.35. The fourth-order valence-corrected chi connectivity index (χ4v) is 2.64. The van der Waals surface area contributed by atoms with Crippen molar-refractivity contribution in [2.45, 2.75) is 37.0 Å². The summed E-state index contributed by atoms with van der Waals surface area (Å²) in [6, 6.07) is 0. The molecule has 0 aliphatic carbocycles. The molecule has 1 atom stereocenters. The molecular weight excluding hydrogens is 242 g/mol. The third-order valence-electron chi connectivity index (χ3n) is 2.41. The van der Waals surface area contributed by atoms with Crippen LogP contribution in [0.15, 0.2) is 5.03 Å². The maximum atomic E-state index is 11.0. The molecule has 0 amide bonds. The van der Waals surface area contributed by atoms with Crippen molar-refractivity contribution in [2.75, 3.05) is 6.61 Å². The Kier molecular flexibility index (Phi) is 4.95. The van der Waals surface area contributed by atoms with Crippen molar-refractivity contribution >= 4 is 17.4 Å². The van der Waals surface area contributed by atoms with Crippen LogP contribution in [-0.2, 0) is 13.5 Å². The van der Waals surface area contributed by atoms with Gasteiger partial charge in [-0.05, 0) is 12.8 Å². The minimum Gasteiger partial charge on any atom is -0.396 e. The number of aliphatic hydroxyl groups is 1. The number of aliphatic hydroxyl groups excluding tert-OH is 1. The zero-order chi connectivity index (χ0) is 13.0. The molecule has 0 fully saturated rings. The lowest BCUT2D eigenvalue weighted by Crippen LogP contribution is -2.03. The molecule has 7 heteroatoms. The van der Waals surface area contributed by atoms with E-state index in [1.807, 2.05) is 13.8 Å². The van der Waals surface area contributed by atoms with Crippen LogP contribution in [-0.4, -0.2) is 31.7 Å². The third-order valence-corrected chi connectivity index (χ3v) is 3.73. The smallest absolute Gasteiger partial charge is 0.323 e. The second-order valence-electron chi connectivity index (χ2n) is 3.78. The van der Waals surface area contributed by atoms with Crippen LogP contribution in [0.1, 0.15) is 26.0 Å². The molecule has 1 aromatic heterocycles. The first-order valence-corrected chi connectivity index (χ1v) is 6.37. The average molecular weight is 259 g/mol. The van der Waals surface area contributed by atoms with Gasteiger partial charge in [0, 0.05) is 18.9 Å². The van der Waals surface area contributed by atoms with Crippen LogP contribution in [0.5, 0.6) is 0 Å². The molecule has 0 saturated carbocycles. The van der Waals surface area contributed by atoms with Crippen molar-refractivity contribution in [3.05, 3.63) is 15.8 Å². The Bertz CT molecular complexity index is 406. The van der Waals surface area contributed by atoms with Crippen LogP contribution >= 0.6 is 11.8 Å². The van der Waals surface area contributed by atoms with E-state index < -0.39 is 0 Å². The highest BCUT2D eigenvalue weighted by Gasteiger charge is 2.26. The zero-order valence-corrected chi connectivity index (χ0v) is 11.0. The molecule has 1 heterocycles. The van der Waals surface area contributed by atoms with Gasteiger partial charge in [0.15, 0.2) is 5.03 Å². The second kappa shape index (κ2) is 6.02. The molecule has 96 valence electrons. The topological polar surface area (TPSA) is 81.2 Å².